The van der Waals surface area contributed by atoms with Crippen LogP contribution < -0.4 is 10.1 Å². The van der Waals surface area contributed by atoms with E-state index < -0.39 is 0 Å². The van der Waals surface area contributed by atoms with Crippen molar-refractivity contribution in [1.82, 2.24) is 4.98 Å². The third kappa shape index (κ3) is 5.57. The van der Waals surface area contributed by atoms with E-state index in [9.17, 15) is 10.1 Å². The molecule has 1 aromatic heterocycles. The summed E-state index contributed by atoms with van der Waals surface area (Å²) >= 11 is 7.30. The van der Waals surface area contributed by atoms with E-state index in [1.807, 2.05) is 48.5 Å². The van der Waals surface area contributed by atoms with Crippen LogP contribution in [0.4, 0.5) is 5.69 Å². The minimum Gasteiger partial charge on any atom is -0.497 e. The molecule has 3 aromatic carbocycles. The maximum Gasteiger partial charge on any atom is 0.234 e. The molecule has 0 atom stereocenters. The predicted molar refractivity (Wildman–Crippen MR) is 137 cm³/mol. The van der Waals surface area contributed by atoms with Crippen molar-refractivity contribution in [1.29, 1.82) is 5.26 Å². The van der Waals surface area contributed by atoms with Crippen LogP contribution >= 0.6 is 23.4 Å². The Morgan fingerprint density at radius 3 is 2.38 bits per heavy atom. The maximum absolute atomic E-state index is 12.6. The molecule has 0 saturated heterocycles. The van der Waals surface area contributed by atoms with Gasteiger partial charge >= 0.3 is 0 Å². The fourth-order valence-electron chi connectivity index (χ4n) is 3.35. The molecule has 1 N–H and O–H groups in total. The Kier molecular flexibility index (Phi) is 7.48. The number of halogens is 1. The zero-order valence-corrected chi connectivity index (χ0v) is 19.9. The number of aromatic nitrogens is 1. The lowest BCUT2D eigenvalue weighted by Gasteiger charge is -2.13. The van der Waals surface area contributed by atoms with Gasteiger partial charge in [0.15, 0.2) is 0 Å². The van der Waals surface area contributed by atoms with Crippen molar-refractivity contribution in [3.63, 3.8) is 0 Å². The third-order valence-electron chi connectivity index (χ3n) is 5.04. The van der Waals surface area contributed by atoms with E-state index in [0.29, 0.717) is 27.0 Å². The molecule has 5 nitrogen and oxygen atoms in total. The van der Waals surface area contributed by atoms with Gasteiger partial charge in [0, 0.05) is 21.8 Å². The topological polar surface area (TPSA) is 75.0 Å². The zero-order chi connectivity index (χ0) is 23.9. The van der Waals surface area contributed by atoms with Crippen molar-refractivity contribution in [2.45, 2.75) is 5.03 Å². The summed E-state index contributed by atoms with van der Waals surface area (Å²) in [7, 11) is 1.59. The standard InChI is InChI=1S/C27H20ClN3O2S/c1-33-22-13-11-21(12-14-22)30-26(32)17-34-27-24(16-29)23(18-7-9-20(28)10-8-18)15-25(31-27)19-5-3-2-4-6-19/h2-15H,17H2,1H3,(H,30,32). The lowest BCUT2D eigenvalue weighted by atomic mass is 9.99. The predicted octanol–water partition coefficient (Wildman–Crippen LogP) is 6.68. The van der Waals surface area contributed by atoms with Crippen LogP contribution in [-0.2, 0) is 4.79 Å². The van der Waals surface area contributed by atoms with Gasteiger partial charge in [-0.25, -0.2) is 4.98 Å². The van der Waals surface area contributed by atoms with Gasteiger partial charge in [0.1, 0.15) is 16.8 Å². The number of amides is 1. The fourth-order valence-corrected chi connectivity index (χ4v) is 4.28. The number of ether oxygens (including phenoxy) is 1. The van der Waals surface area contributed by atoms with Crippen LogP contribution in [-0.4, -0.2) is 23.8 Å². The van der Waals surface area contributed by atoms with Gasteiger partial charge in [0.25, 0.3) is 0 Å². The Labute approximate surface area is 207 Å². The molecule has 0 radical (unpaired) electrons. The zero-order valence-electron chi connectivity index (χ0n) is 18.3. The summed E-state index contributed by atoms with van der Waals surface area (Å²) in [5, 5.41) is 14.0. The van der Waals surface area contributed by atoms with Crippen molar-refractivity contribution in [3.05, 3.63) is 95.5 Å². The van der Waals surface area contributed by atoms with E-state index >= 15 is 0 Å². The number of rotatable bonds is 7. The number of thioether (sulfide) groups is 1. The molecule has 4 rings (SSSR count). The number of hydrogen-bond donors (Lipinski definition) is 1. The Morgan fingerprint density at radius 1 is 1.03 bits per heavy atom. The van der Waals surface area contributed by atoms with Crippen molar-refractivity contribution >= 4 is 35.0 Å². The monoisotopic (exact) mass is 485 g/mol. The number of carbonyl (C=O) groups excluding carboxylic acids is 1. The lowest BCUT2D eigenvalue weighted by Crippen LogP contribution is -2.14. The average molecular weight is 486 g/mol. The van der Waals surface area contributed by atoms with Gasteiger partial charge < -0.3 is 10.1 Å². The molecule has 168 valence electrons. The lowest BCUT2D eigenvalue weighted by molar-refractivity contribution is -0.113. The van der Waals surface area contributed by atoms with Crippen LogP contribution in [0.5, 0.6) is 5.75 Å². The molecule has 0 unspecified atom stereocenters. The van der Waals surface area contributed by atoms with E-state index in [0.717, 1.165) is 22.4 Å². The highest BCUT2D eigenvalue weighted by atomic mass is 35.5. The molecule has 0 aliphatic heterocycles. The van der Waals surface area contributed by atoms with Crippen LogP contribution in [0.1, 0.15) is 5.56 Å². The number of nitriles is 1. The van der Waals surface area contributed by atoms with E-state index in [1.165, 1.54) is 11.8 Å². The molecule has 0 aliphatic carbocycles. The summed E-state index contributed by atoms with van der Waals surface area (Å²) in [5.41, 5.74) is 4.33. The minimum atomic E-state index is -0.195. The normalized spacial score (nSPS) is 10.4. The summed E-state index contributed by atoms with van der Waals surface area (Å²) < 4.78 is 5.14. The molecular weight excluding hydrogens is 466 g/mol. The largest absolute Gasteiger partial charge is 0.497 e. The molecule has 7 heteroatoms. The van der Waals surface area contributed by atoms with Crippen LogP contribution in [0, 0.1) is 11.3 Å². The molecule has 0 spiro atoms. The smallest absolute Gasteiger partial charge is 0.234 e. The first-order valence-electron chi connectivity index (χ1n) is 10.4. The number of hydrogen-bond acceptors (Lipinski definition) is 5. The van der Waals surface area contributed by atoms with Crippen LogP contribution in [0.2, 0.25) is 5.02 Å². The number of nitrogens with one attached hydrogen (secondary N) is 1. The second kappa shape index (κ2) is 10.9. The molecule has 34 heavy (non-hydrogen) atoms. The highest BCUT2D eigenvalue weighted by Crippen LogP contribution is 2.34. The van der Waals surface area contributed by atoms with Gasteiger partial charge in [-0.2, -0.15) is 5.26 Å². The van der Waals surface area contributed by atoms with Crippen LogP contribution in [0.25, 0.3) is 22.4 Å². The summed E-state index contributed by atoms with van der Waals surface area (Å²) in [6.07, 6.45) is 0. The quantitative estimate of drug-likeness (QED) is 0.295. The van der Waals surface area contributed by atoms with Crippen molar-refractivity contribution in [2.75, 3.05) is 18.2 Å². The summed E-state index contributed by atoms with van der Waals surface area (Å²) in [4.78, 5) is 17.3. The number of anilines is 1. The highest BCUT2D eigenvalue weighted by Gasteiger charge is 2.17. The maximum atomic E-state index is 12.6. The summed E-state index contributed by atoms with van der Waals surface area (Å²) in [6.45, 7) is 0. The van der Waals surface area contributed by atoms with Gasteiger partial charge in [0.2, 0.25) is 5.91 Å². The van der Waals surface area contributed by atoms with E-state index in [4.69, 9.17) is 21.3 Å². The highest BCUT2D eigenvalue weighted by molar-refractivity contribution is 8.00. The fraction of sp³-hybridized carbons (Fsp3) is 0.0741. The van der Waals surface area contributed by atoms with E-state index in [1.54, 1.807) is 43.5 Å². The van der Waals surface area contributed by atoms with Crippen LogP contribution in [0.3, 0.4) is 0 Å². The average Bonchev–Trinajstić information content (AvgIpc) is 2.88. The molecular formula is C27H20ClN3O2S. The number of benzene rings is 3. The van der Waals surface area contributed by atoms with Gasteiger partial charge in [-0.1, -0.05) is 65.8 Å². The van der Waals surface area contributed by atoms with Gasteiger partial charge in [-0.15, -0.1) is 0 Å². The Hall–Kier alpha value is -3.79. The minimum absolute atomic E-state index is 0.103. The van der Waals surface area contributed by atoms with Crippen molar-refractivity contribution in [3.8, 4) is 34.2 Å². The Morgan fingerprint density at radius 2 is 1.74 bits per heavy atom. The third-order valence-corrected chi connectivity index (χ3v) is 6.26. The first-order chi connectivity index (χ1) is 16.6. The molecule has 0 aliphatic rings. The molecule has 0 fully saturated rings. The number of methoxy groups -OCH3 is 1. The Balaban J connectivity index is 1.64. The molecule has 4 aromatic rings. The molecule has 1 amide bonds. The molecule has 0 saturated carbocycles. The van der Waals surface area contributed by atoms with Gasteiger partial charge in [-0.3, -0.25) is 4.79 Å². The summed E-state index contributed by atoms with van der Waals surface area (Å²) in [6, 6.07) is 28.3. The van der Waals surface area contributed by atoms with Crippen molar-refractivity contribution < 1.29 is 9.53 Å². The Bertz CT molecular complexity index is 1340. The van der Waals surface area contributed by atoms with Gasteiger partial charge in [-0.05, 0) is 48.0 Å². The molecule has 1 heterocycles. The first-order valence-corrected chi connectivity index (χ1v) is 11.8. The first kappa shape index (κ1) is 23.4. The van der Waals surface area contributed by atoms with Crippen molar-refractivity contribution in [2.24, 2.45) is 0 Å². The van der Waals surface area contributed by atoms with Crippen LogP contribution in [0.15, 0.2) is 90.0 Å². The number of nitrogens with zero attached hydrogens (tertiary/aromatic N) is 2. The number of carbonyl (C=O) groups is 1. The van der Waals surface area contributed by atoms with E-state index in [2.05, 4.69) is 11.4 Å². The number of pyridine rings is 1. The second-order valence-electron chi connectivity index (χ2n) is 7.29. The van der Waals surface area contributed by atoms with E-state index in [-0.39, 0.29) is 11.7 Å². The molecule has 0 bridgehead atoms. The second-order valence-corrected chi connectivity index (χ2v) is 8.69. The van der Waals surface area contributed by atoms with Gasteiger partial charge in [0.05, 0.1) is 24.1 Å². The summed E-state index contributed by atoms with van der Waals surface area (Å²) in [5.74, 6) is 0.619. The SMILES string of the molecule is COc1ccc(NC(=O)CSc2nc(-c3ccccc3)cc(-c3ccc(Cl)cc3)c2C#N)cc1.